The minimum Gasteiger partial charge on any atom is -0.468 e. The quantitative estimate of drug-likeness (QED) is 0.339. The number of hydrogen-bond donors (Lipinski definition) is 2. The van der Waals surface area contributed by atoms with Crippen molar-refractivity contribution in [3.8, 4) is 0 Å². The van der Waals surface area contributed by atoms with Crippen molar-refractivity contribution in [1.82, 2.24) is 20.4 Å². The molecule has 3 unspecified atom stereocenters. The molecule has 0 radical (unpaired) electrons. The largest absolute Gasteiger partial charge is 0.468 e. The van der Waals surface area contributed by atoms with Crippen LogP contribution in [0, 0.1) is 0 Å². The van der Waals surface area contributed by atoms with Gasteiger partial charge in [-0.25, -0.2) is 0 Å². The Kier molecular flexibility index (Phi) is 10.1. The van der Waals surface area contributed by atoms with E-state index in [0.29, 0.717) is 12.1 Å². The number of nitrogens with zero attached hydrogens (tertiary/aromatic N) is 3. The second-order valence-corrected chi connectivity index (χ2v) is 8.04. The molecule has 2 aliphatic rings. The number of halogens is 1. The summed E-state index contributed by atoms with van der Waals surface area (Å²) in [6, 6.07) is 5.52. The van der Waals surface area contributed by atoms with Gasteiger partial charge in [0, 0.05) is 32.2 Å². The van der Waals surface area contributed by atoms with Gasteiger partial charge >= 0.3 is 0 Å². The molecule has 0 amide bonds. The first-order valence-corrected chi connectivity index (χ1v) is 10.7. The SMILES string of the molecule is CN=C(NCC(c1ccco1)N1CCCC1)NCC(C)N1CCCCC1C.I. The summed E-state index contributed by atoms with van der Waals surface area (Å²) in [5.74, 6) is 1.91. The molecule has 0 spiro atoms. The zero-order chi connectivity index (χ0) is 19.1. The van der Waals surface area contributed by atoms with Crippen molar-refractivity contribution in [2.24, 2.45) is 4.99 Å². The van der Waals surface area contributed by atoms with Crippen molar-refractivity contribution < 1.29 is 4.42 Å². The molecule has 1 aromatic heterocycles. The molecule has 1 aromatic rings. The first kappa shape index (κ1) is 23.5. The molecule has 2 N–H and O–H groups in total. The number of likely N-dealkylation sites (tertiary alicyclic amines) is 2. The molecule has 0 saturated carbocycles. The smallest absolute Gasteiger partial charge is 0.191 e. The Morgan fingerprint density at radius 1 is 1.18 bits per heavy atom. The molecule has 3 atom stereocenters. The molecule has 160 valence electrons. The van der Waals surface area contributed by atoms with Gasteiger partial charge in [0.25, 0.3) is 0 Å². The van der Waals surface area contributed by atoms with Crippen molar-refractivity contribution in [2.45, 2.75) is 64.1 Å². The van der Waals surface area contributed by atoms with Gasteiger partial charge in [0.1, 0.15) is 5.76 Å². The molecule has 3 rings (SSSR count). The normalized spacial score (nSPS) is 23.8. The van der Waals surface area contributed by atoms with E-state index < -0.39 is 0 Å². The molecule has 0 aromatic carbocycles. The van der Waals surface area contributed by atoms with Crippen molar-refractivity contribution in [3.05, 3.63) is 24.2 Å². The molecule has 2 aliphatic heterocycles. The third kappa shape index (κ3) is 6.35. The molecule has 6 nitrogen and oxygen atoms in total. The Morgan fingerprint density at radius 2 is 1.89 bits per heavy atom. The second kappa shape index (κ2) is 12.0. The molecule has 2 fully saturated rings. The van der Waals surface area contributed by atoms with Crippen LogP contribution in [0.2, 0.25) is 0 Å². The first-order chi connectivity index (χ1) is 13.2. The highest BCUT2D eigenvalue weighted by Gasteiger charge is 2.26. The lowest BCUT2D eigenvalue weighted by Gasteiger charge is -2.38. The summed E-state index contributed by atoms with van der Waals surface area (Å²) in [5, 5.41) is 7.05. The predicted molar refractivity (Wildman–Crippen MR) is 127 cm³/mol. The standard InChI is InChI=1S/C21H37N5O.HI/c1-17-9-4-5-13-26(17)18(2)15-23-21(22-3)24-16-19(20-10-8-14-27-20)25-11-6-7-12-25;/h8,10,14,17-19H,4-7,9,11-13,15-16H2,1-3H3,(H2,22,23,24);1H. The van der Waals surface area contributed by atoms with Crippen molar-refractivity contribution in [2.75, 3.05) is 39.8 Å². The van der Waals surface area contributed by atoms with Crippen molar-refractivity contribution in [1.29, 1.82) is 0 Å². The molecule has 7 heteroatoms. The lowest BCUT2D eigenvalue weighted by atomic mass is 10.0. The average Bonchev–Trinajstić information content (AvgIpc) is 3.39. The lowest BCUT2D eigenvalue weighted by Crippen LogP contribution is -2.51. The summed E-state index contributed by atoms with van der Waals surface area (Å²) < 4.78 is 5.71. The Bertz CT molecular complexity index is 573. The van der Waals surface area contributed by atoms with E-state index in [1.54, 1.807) is 6.26 Å². The van der Waals surface area contributed by atoms with Crippen LogP contribution in [0.3, 0.4) is 0 Å². The minimum absolute atomic E-state index is 0. The van der Waals surface area contributed by atoms with Gasteiger partial charge in [-0.1, -0.05) is 6.42 Å². The molecular formula is C21H38IN5O. The molecule has 3 heterocycles. The molecule has 0 aliphatic carbocycles. The van der Waals surface area contributed by atoms with Crippen LogP contribution in [0.5, 0.6) is 0 Å². The summed E-state index contributed by atoms with van der Waals surface area (Å²) in [4.78, 5) is 9.57. The number of piperidine rings is 1. The number of aliphatic imine (C=N–C) groups is 1. The first-order valence-electron chi connectivity index (χ1n) is 10.7. The van der Waals surface area contributed by atoms with Crippen LogP contribution in [0.15, 0.2) is 27.8 Å². The van der Waals surface area contributed by atoms with Crippen LogP contribution >= 0.6 is 24.0 Å². The predicted octanol–water partition coefficient (Wildman–Crippen LogP) is 3.46. The molecule has 28 heavy (non-hydrogen) atoms. The fraction of sp³-hybridized carbons (Fsp3) is 0.762. The highest BCUT2D eigenvalue weighted by Crippen LogP contribution is 2.24. The summed E-state index contributed by atoms with van der Waals surface area (Å²) in [5.41, 5.74) is 0. The monoisotopic (exact) mass is 503 g/mol. The average molecular weight is 503 g/mol. The van der Waals surface area contributed by atoms with Crippen LogP contribution in [0.1, 0.15) is 57.8 Å². The number of rotatable bonds is 7. The van der Waals surface area contributed by atoms with Gasteiger partial charge in [-0.2, -0.15) is 0 Å². The van der Waals surface area contributed by atoms with Crippen molar-refractivity contribution in [3.63, 3.8) is 0 Å². The minimum atomic E-state index is 0. The van der Waals surface area contributed by atoms with Crippen LogP contribution < -0.4 is 10.6 Å². The maximum Gasteiger partial charge on any atom is 0.191 e. The van der Waals surface area contributed by atoms with Crippen LogP contribution in [0.25, 0.3) is 0 Å². The van der Waals surface area contributed by atoms with Crippen LogP contribution in [-0.4, -0.2) is 67.6 Å². The van der Waals surface area contributed by atoms with E-state index in [0.717, 1.165) is 37.9 Å². The van der Waals surface area contributed by atoms with Gasteiger partial charge in [-0.3, -0.25) is 14.8 Å². The zero-order valence-electron chi connectivity index (χ0n) is 17.7. The van der Waals surface area contributed by atoms with Gasteiger partial charge in [-0.15, -0.1) is 24.0 Å². The Labute approximate surface area is 187 Å². The topological polar surface area (TPSA) is 56.0 Å². The zero-order valence-corrected chi connectivity index (χ0v) is 20.0. The van der Waals surface area contributed by atoms with Crippen molar-refractivity contribution >= 4 is 29.9 Å². The Morgan fingerprint density at radius 3 is 2.54 bits per heavy atom. The van der Waals surface area contributed by atoms with E-state index in [4.69, 9.17) is 4.42 Å². The second-order valence-electron chi connectivity index (χ2n) is 8.04. The number of nitrogens with one attached hydrogen (secondary N) is 2. The summed E-state index contributed by atoms with van der Waals surface area (Å²) in [6.45, 7) is 9.89. The lowest BCUT2D eigenvalue weighted by molar-refractivity contribution is 0.115. The Balaban J connectivity index is 0.00000280. The van der Waals surface area contributed by atoms with E-state index >= 15 is 0 Å². The van der Waals surface area contributed by atoms with Gasteiger partial charge in [-0.05, 0) is 71.3 Å². The molecule has 2 saturated heterocycles. The fourth-order valence-corrected chi connectivity index (χ4v) is 4.49. The summed E-state index contributed by atoms with van der Waals surface area (Å²) in [7, 11) is 1.85. The van der Waals surface area contributed by atoms with Gasteiger partial charge in [0.05, 0.1) is 12.3 Å². The maximum atomic E-state index is 5.71. The van der Waals surface area contributed by atoms with E-state index in [1.165, 1.54) is 38.6 Å². The number of guanidine groups is 1. The number of hydrogen-bond acceptors (Lipinski definition) is 4. The highest BCUT2D eigenvalue weighted by atomic mass is 127. The third-order valence-corrected chi connectivity index (χ3v) is 6.12. The van der Waals surface area contributed by atoms with Crippen LogP contribution in [0.4, 0.5) is 0 Å². The number of furan rings is 1. The van der Waals surface area contributed by atoms with E-state index in [9.17, 15) is 0 Å². The maximum absolute atomic E-state index is 5.71. The van der Waals surface area contributed by atoms with E-state index in [2.05, 4.69) is 45.3 Å². The molecule has 0 bridgehead atoms. The highest BCUT2D eigenvalue weighted by molar-refractivity contribution is 14.0. The van der Waals surface area contributed by atoms with Gasteiger partial charge < -0.3 is 15.1 Å². The Hall–Kier alpha value is -0.800. The van der Waals surface area contributed by atoms with E-state index in [1.807, 2.05) is 13.1 Å². The fourth-order valence-electron chi connectivity index (χ4n) is 4.49. The van der Waals surface area contributed by atoms with Gasteiger partial charge in [0.2, 0.25) is 0 Å². The van der Waals surface area contributed by atoms with Gasteiger partial charge in [0.15, 0.2) is 5.96 Å². The summed E-state index contributed by atoms with van der Waals surface area (Å²) >= 11 is 0. The molecular weight excluding hydrogens is 465 g/mol. The third-order valence-electron chi connectivity index (χ3n) is 6.12. The van der Waals surface area contributed by atoms with E-state index in [-0.39, 0.29) is 30.0 Å². The van der Waals surface area contributed by atoms with Crippen LogP contribution in [-0.2, 0) is 0 Å². The summed E-state index contributed by atoms with van der Waals surface area (Å²) in [6.07, 6.45) is 8.32.